The van der Waals surface area contributed by atoms with Gasteiger partial charge in [0.2, 0.25) is 0 Å². The van der Waals surface area contributed by atoms with Crippen LogP contribution in [-0.4, -0.2) is 17.2 Å². The molecule has 2 bridgehead atoms. The maximum absolute atomic E-state index is 12.5. The van der Waals surface area contributed by atoms with Gasteiger partial charge in [-0.2, -0.15) is 0 Å². The smallest absolute Gasteiger partial charge is 0.338 e. The van der Waals surface area contributed by atoms with Crippen molar-refractivity contribution in [3.63, 3.8) is 0 Å². The lowest BCUT2D eigenvalue weighted by Gasteiger charge is -2.31. The molecule has 0 spiro atoms. The van der Waals surface area contributed by atoms with Crippen LogP contribution in [0.4, 0.5) is 0 Å². The molecule has 0 aromatic heterocycles. The van der Waals surface area contributed by atoms with Crippen LogP contribution in [0, 0.1) is 17.8 Å². The number of aliphatic hydroxyl groups excluding tert-OH is 1. The van der Waals surface area contributed by atoms with Gasteiger partial charge in [0, 0.05) is 11.8 Å². The highest BCUT2D eigenvalue weighted by atomic mass is 16.5. The maximum Gasteiger partial charge on any atom is 0.338 e. The van der Waals surface area contributed by atoms with Crippen molar-refractivity contribution < 1.29 is 14.6 Å². The molecule has 0 radical (unpaired) electrons. The highest BCUT2D eigenvalue weighted by molar-refractivity contribution is 5.89. The quantitative estimate of drug-likeness (QED) is 0.689. The summed E-state index contributed by atoms with van der Waals surface area (Å²) in [7, 11) is 0. The molecule has 1 unspecified atom stereocenters. The molecule has 0 amide bonds. The number of benzene rings is 2. The minimum Gasteiger partial charge on any atom is -0.458 e. The van der Waals surface area contributed by atoms with Crippen LogP contribution in [0.3, 0.4) is 0 Å². The number of aliphatic hydroxyl groups is 1. The molecule has 5 atom stereocenters. The van der Waals surface area contributed by atoms with Crippen molar-refractivity contribution in [2.24, 2.45) is 17.8 Å². The zero-order valence-electron chi connectivity index (χ0n) is 13.3. The van der Waals surface area contributed by atoms with Crippen molar-refractivity contribution >= 4 is 5.97 Å². The molecule has 4 rings (SSSR count). The summed E-state index contributed by atoms with van der Waals surface area (Å²) in [6, 6.07) is 18.7. The fraction of sp³-hybridized carbons (Fsp3) is 0.286. The molecule has 122 valence electrons. The van der Waals surface area contributed by atoms with Gasteiger partial charge in [-0.1, -0.05) is 60.7 Å². The summed E-state index contributed by atoms with van der Waals surface area (Å²) in [6.45, 7) is 0. The normalized spacial score (nSPS) is 28.7. The lowest BCUT2D eigenvalue weighted by molar-refractivity contribution is -0.0238. The first-order valence-electron chi connectivity index (χ1n) is 8.41. The minimum atomic E-state index is -0.625. The van der Waals surface area contributed by atoms with Gasteiger partial charge in [0.25, 0.3) is 0 Å². The third kappa shape index (κ3) is 2.65. The van der Waals surface area contributed by atoms with Crippen LogP contribution in [0.1, 0.15) is 28.4 Å². The number of ether oxygens (including phenoxy) is 1. The van der Waals surface area contributed by atoms with E-state index in [1.165, 1.54) is 0 Å². The number of allylic oxidation sites excluding steroid dienone is 1. The van der Waals surface area contributed by atoms with Gasteiger partial charge in [0.05, 0.1) is 11.7 Å². The molecule has 24 heavy (non-hydrogen) atoms. The first-order chi connectivity index (χ1) is 11.7. The van der Waals surface area contributed by atoms with E-state index in [-0.39, 0.29) is 29.8 Å². The maximum atomic E-state index is 12.5. The van der Waals surface area contributed by atoms with Crippen molar-refractivity contribution in [1.29, 1.82) is 0 Å². The van der Waals surface area contributed by atoms with Gasteiger partial charge in [0.1, 0.15) is 6.10 Å². The van der Waals surface area contributed by atoms with Gasteiger partial charge in [-0.3, -0.25) is 0 Å². The molecule has 2 aromatic carbocycles. The largest absolute Gasteiger partial charge is 0.458 e. The first kappa shape index (κ1) is 15.2. The molecule has 3 nitrogen and oxygen atoms in total. The SMILES string of the molecule is O=C(O[C@@H]1[C@@H](C(O)c2ccccc2)[C@H]2C=C[C@@H]1C2)c1ccccc1. The third-order valence-corrected chi connectivity index (χ3v) is 5.20. The van der Waals surface area contributed by atoms with E-state index < -0.39 is 6.10 Å². The second kappa shape index (κ2) is 6.25. The number of carbonyl (C=O) groups is 1. The second-order valence-electron chi connectivity index (χ2n) is 6.62. The zero-order chi connectivity index (χ0) is 16.5. The summed E-state index contributed by atoms with van der Waals surface area (Å²) in [5.41, 5.74) is 1.43. The second-order valence-corrected chi connectivity index (χ2v) is 6.62. The van der Waals surface area contributed by atoms with Crippen LogP contribution in [0.15, 0.2) is 72.8 Å². The van der Waals surface area contributed by atoms with Crippen molar-refractivity contribution in [3.8, 4) is 0 Å². The van der Waals surface area contributed by atoms with Crippen molar-refractivity contribution in [2.75, 3.05) is 0 Å². The Balaban J connectivity index is 1.57. The van der Waals surface area contributed by atoms with Gasteiger partial charge in [-0.15, -0.1) is 0 Å². The Kier molecular flexibility index (Phi) is 3.95. The molecule has 0 aliphatic heterocycles. The monoisotopic (exact) mass is 320 g/mol. The summed E-state index contributed by atoms with van der Waals surface area (Å²) in [4.78, 5) is 12.5. The summed E-state index contributed by atoms with van der Waals surface area (Å²) < 4.78 is 5.84. The van der Waals surface area contributed by atoms with Gasteiger partial charge in [0.15, 0.2) is 0 Å². The van der Waals surface area contributed by atoms with Crippen molar-refractivity contribution in [2.45, 2.75) is 18.6 Å². The van der Waals surface area contributed by atoms with Crippen LogP contribution in [0.2, 0.25) is 0 Å². The van der Waals surface area contributed by atoms with Gasteiger partial charge in [-0.05, 0) is 30.0 Å². The Labute approximate surface area is 141 Å². The predicted octanol–water partition coefficient (Wildman–Crippen LogP) is 3.77. The Hall–Kier alpha value is -2.39. The van der Waals surface area contributed by atoms with Crippen LogP contribution in [0.25, 0.3) is 0 Å². The number of fused-ring (bicyclic) bond motifs is 2. The topological polar surface area (TPSA) is 46.5 Å². The summed E-state index contributed by atoms with van der Waals surface area (Å²) in [5.74, 6) is 0.0617. The van der Waals surface area contributed by atoms with E-state index in [0.717, 1.165) is 12.0 Å². The van der Waals surface area contributed by atoms with Gasteiger partial charge < -0.3 is 9.84 Å². The summed E-state index contributed by atoms with van der Waals surface area (Å²) in [5, 5.41) is 10.9. The van der Waals surface area contributed by atoms with Gasteiger partial charge >= 0.3 is 5.97 Å². The number of hydrogen-bond donors (Lipinski definition) is 1. The fourth-order valence-corrected chi connectivity index (χ4v) is 4.03. The zero-order valence-corrected chi connectivity index (χ0v) is 13.3. The summed E-state index contributed by atoms with van der Waals surface area (Å²) >= 11 is 0. The van der Waals surface area contributed by atoms with Crippen LogP contribution < -0.4 is 0 Å². The molecule has 1 saturated carbocycles. The van der Waals surface area contributed by atoms with E-state index in [4.69, 9.17) is 4.74 Å². The van der Waals surface area contributed by atoms with Crippen LogP contribution in [0.5, 0.6) is 0 Å². The molecular weight excluding hydrogens is 300 g/mol. The Morgan fingerprint density at radius 3 is 2.29 bits per heavy atom. The average Bonchev–Trinajstić information content (AvgIpc) is 3.24. The Bertz CT molecular complexity index is 738. The molecule has 2 aromatic rings. The Morgan fingerprint density at radius 1 is 0.958 bits per heavy atom. The van der Waals surface area contributed by atoms with E-state index in [0.29, 0.717) is 5.56 Å². The molecule has 1 N–H and O–H groups in total. The first-order valence-corrected chi connectivity index (χ1v) is 8.41. The molecule has 0 saturated heterocycles. The number of esters is 1. The number of hydrogen-bond acceptors (Lipinski definition) is 3. The van der Waals surface area contributed by atoms with E-state index >= 15 is 0 Å². The van der Waals surface area contributed by atoms with Crippen LogP contribution in [-0.2, 0) is 4.74 Å². The highest BCUT2D eigenvalue weighted by Crippen LogP contribution is 2.50. The van der Waals surface area contributed by atoms with E-state index in [1.54, 1.807) is 12.1 Å². The summed E-state index contributed by atoms with van der Waals surface area (Å²) in [6.07, 6.45) is 4.33. The molecular formula is C21H20O3. The lowest BCUT2D eigenvalue weighted by Crippen LogP contribution is -2.34. The van der Waals surface area contributed by atoms with Crippen molar-refractivity contribution in [1.82, 2.24) is 0 Å². The van der Waals surface area contributed by atoms with E-state index in [9.17, 15) is 9.90 Å². The number of rotatable bonds is 4. The standard InChI is InChI=1S/C21H20O3/c22-19(14-7-3-1-4-8-14)18-16-11-12-17(13-16)20(18)24-21(23)15-9-5-2-6-10-15/h1-12,16-20,22H,13H2/t16-,17+,18+,19?,20-/m0/s1. The molecule has 0 heterocycles. The third-order valence-electron chi connectivity index (χ3n) is 5.20. The lowest BCUT2D eigenvalue weighted by atomic mass is 9.83. The van der Waals surface area contributed by atoms with Crippen LogP contribution >= 0.6 is 0 Å². The average molecular weight is 320 g/mol. The highest BCUT2D eigenvalue weighted by Gasteiger charge is 2.50. The predicted molar refractivity (Wildman–Crippen MR) is 91.3 cm³/mol. The van der Waals surface area contributed by atoms with E-state index in [2.05, 4.69) is 12.2 Å². The van der Waals surface area contributed by atoms with E-state index in [1.807, 2.05) is 48.5 Å². The van der Waals surface area contributed by atoms with Crippen molar-refractivity contribution in [3.05, 3.63) is 83.9 Å². The number of carbonyl (C=O) groups excluding carboxylic acids is 1. The minimum absolute atomic E-state index is 0.0879. The molecule has 2 aliphatic carbocycles. The molecule has 3 heteroatoms. The fourth-order valence-electron chi connectivity index (χ4n) is 4.03. The Morgan fingerprint density at radius 2 is 1.58 bits per heavy atom. The van der Waals surface area contributed by atoms with Gasteiger partial charge in [-0.25, -0.2) is 4.79 Å². The molecule has 2 aliphatic rings. The molecule has 1 fully saturated rings.